The van der Waals surface area contributed by atoms with Crippen LogP contribution in [0.25, 0.3) is 5.57 Å². The molecule has 8 atom stereocenters. The number of allylic oxidation sites excluding steroid dienone is 3. The zero-order valence-corrected chi connectivity index (χ0v) is 22.2. The van der Waals surface area contributed by atoms with Crippen molar-refractivity contribution in [1.82, 2.24) is 0 Å². The van der Waals surface area contributed by atoms with Gasteiger partial charge in [0.15, 0.2) is 0 Å². The number of rotatable bonds is 6. The van der Waals surface area contributed by atoms with E-state index >= 15 is 0 Å². The molecule has 4 aliphatic rings. The molecule has 3 saturated carbocycles. The molecule has 0 aliphatic heterocycles. The normalized spacial score (nSPS) is 40.7. The van der Waals surface area contributed by atoms with E-state index in [-0.39, 0.29) is 6.10 Å². The quantitative estimate of drug-likeness (QED) is 0.332. The Kier molecular flexibility index (Phi) is 6.88. The molecular formula is C33H48O. The highest BCUT2D eigenvalue weighted by Gasteiger charge is 2.59. The lowest BCUT2D eigenvalue weighted by Gasteiger charge is -2.58. The van der Waals surface area contributed by atoms with Crippen LogP contribution in [0.4, 0.5) is 0 Å². The molecule has 0 heterocycles. The Hall–Kier alpha value is -1.34. The van der Waals surface area contributed by atoms with Crippen LogP contribution in [0.15, 0.2) is 48.1 Å². The summed E-state index contributed by atoms with van der Waals surface area (Å²) in [5, 5.41) is 10.3. The van der Waals surface area contributed by atoms with Crippen molar-refractivity contribution < 1.29 is 5.11 Å². The van der Waals surface area contributed by atoms with Gasteiger partial charge in [0.1, 0.15) is 0 Å². The van der Waals surface area contributed by atoms with Gasteiger partial charge in [-0.05, 0) is 123 Å². The summed E-state index contributed by atoms with van der Waals surface area (Å²) in [4.78, 5) is 0. The first-order valence-electron chi connectivity index (χ1n) is 14.4. The molecule has 1 nitrogen and oxygen atoms in total. The van der Waals surface area contributed by atoms with E-state index in [4.69, 9.17) is 0 Å². The SMILES string of the molecule is C/C(=C\CCCC(C)C1CCC2C3CC=C4CC(O)CCC4(C)C3CCC12C)c1ccccc1. The number of aliphatic hydroxyl groups is 1. The minimum atomic E-state index is -0.0900. The molecular weight excluding hydrogens is 412 g/mol. The van der Waals surface area contributed by atoms with E-state index in [1.807, 2.05) is 0 Å². The number of aliphatic hydroxyl groups excluding tert-OH is 1. The Bertz CT molecular complexity index is 912. The van der Waals surface area contributed by atoms with Crippen molar-refractivity contribution in [1.29, 1.82) is 0 Å². The molecule has 1 aromatic rings. The average Bonchev–Trinajstić information content (AvgIpc) is 3.20. The summed E-state index contributed by atoms with van der Waals surface area (Å²) in [5.74, 6) is 4.41. The highest BCUT2D eigenvalue weighted by molar-refractivity contribution is 5.63. The second kappa shape index (κ2) is 9.61. The molecule has 1 N–H and O–H groups in total. The van der Waals surface area contributed by atoms with Gasteiger partial charge in [-0.15, -0.1) is 0 Å². The average molecular weight is 461 g/mol. The summed E-state index contributed by atoms with van der Waals surface area (Å²) < 4.78 is 0. The maximum atomic E-state index is 10.3. The van der Waals surface area contributed by atoms with Gasteiger partial charge in [0, 0.05) is 0 Å². The Morgan fingerprint density at radius 1 is 1.06 bits per heavy atom. The van der Waals surface area contributed by atoms with Gasteiger partial charge in [-0.25, -0.2) is 0 Å². The van der Waals surface area contributed by atoms with Crippen LogP contribution >= 0.6 is 0 Å². The first-order chi connectivity index (χ1) is 16.3. The second-order valence-electron chi connectivity index (χ2n) is 13.0. The van der Waals surface area contributed by atoms with Gasteiger partial charge in [-0.3, -0.25) is 0 Å². The summed E-state index contributed by atoms with van der Waals surface area (Å²) in [6.45, 7) is 10.1. The molecule has 0 saturated heterocycles. The van der Waals surface area contributed by atoms with Crippen LogP contribution in [-0.4, -0.2) is 11.2 Å². The van der Waals surface area contributed by atoms with Gasteiger partial charge in [0.2, 0.25) is 0 Å². The standard InChI is InChI=1S/C33H48O/c1-23(25-12-6-5-7-13-25)10-8-9-11-24(2)29-16-17-30-28-15-14-26-22-27(34)18-20-32(26,3)31(28)19-21-33(29,30)4/h5-7,10,12-14,24,27-31,34H,8-9,11,15-22H2,1-4H3/b23-10+. The third kappa shape index (κ3) is 4.25. The van der Waals surface area contributed by atoms with Gasteiger partial charge in [-0.2, -0.15) is 0 Å². The molecule has 3 fully saturated rings. The number of hydrogen-bond donors (Lipinski definition) is 1. The van der Waals surface area contributed by atoms with Gasteiger partial charge < -0.3 is 5.11 Å². The van der Waals surface area contributed by atoms with E-state index in [2.05, 4.69) is 70.2 Å². The minimum absolute atomic E-state index is 0.0900. The Morgan fingerprint density at radius 2 is 1.85 bits per heavy atom. The lowest BCUT2D eigenvalue weighted by molar-refractivity contribution is -0.0572. The molecule has 4 aliphatic carbocycles. The number of unbranched alkanes of at least 4 members (excludes halogenated alkanes) is 1. The molecule has 0 amide bonds. The molecule has 186 valence electrons. The fraction of sp³-hybridized carbons (Fsp3) is 0.697. The first kappa shape index (κ1) is 24.4. The van der Waals surface area contributed by atoms with Crippen molar-refractivity contribution in [3.05, 3.63) is 53.6 Å². The molecule has 34 heavy (non-hydrogen) atoms. The molecule has 1 heteroatoms. The highest BCUT2D eigenvalue weighted by Crippen LogP contribution is 2.67. The van der Waals surface area contributed by atoms with Crippen molar-refractivity contribution in [2.75, 3.05) is 0 Å². The minimum Gasteiger partial charge on any atom is -0.393 e. The van der Waals surface area contributed by atoms with Crippen LogP contribution in [0.3, 0.4) is 0 Å². The van der Waals surface area contributed by atoms with Gasteiger partial charge in [0.05, 0.1) is 6.10 Å². The lowest BCUT2D eigenvalue weighted by atomic mass is 9.47. The molecule has 0 spiro atoms. The van der Waals surface area contributed by atoms with E-state index in [1.54, 1.807) is 5.57 Å². The van der Waals surface area contributed by atoms with Gasteiger partial charge in [0.25, 0.3) is 0 Å². The second-order valence-corrected chi connectivity index (χ2v) is 13.0. The van der Waals surface area contributed by atoms with Gasteiger partial charge >= 0.3 is 0 Å². The number of benzene rings is 1. The van der Waals surface area contributed by atoms with Gasteiger partial charge in [-0.1, -0.05) is 75.2 Å². The van der Waals surface area contributed by atoms with Crippen molar-refractivity contribution in [2.24, 2.45) is 40.4 Å². The topological polar surface area (TPSA) is 20.2 Å². The van der Waals surface area contributed by atoms with Crippen molar-refractivity contribution in [3.8, 4) is 0 Å². The number of fused-ring (bicyclic) bond motifs is 5. The monoisotopic (exact) mass is 460 g/mol. The summed E-state index contributed by atoms with van der Waals surface area (Å²) >= 11 is 0. The first-order valence-corrected chi connectivity index (χ1v) is 14.4. The Morgan fingerprint density at radius 3 is 2.65 bits per heavy atom. The smallest absolute Gasteiger partial charge is 0.0577 e. The predicted molar refractivity (Wildman–Crippen MR) is 144 cm³/mol. The van der Waals surface area contributed by atoms with E-state index < -0.39 is 0 Å². The Labute approximate surface area is 209 Å². The van der Waals surface area contributed by atoms with Crippen LogP contribution in [-0.2, 0) is 0 Å². The summed E-state index contributed by atoms with van der Waals surface area (Å²) in [6, 6.07) is 10.8. The summed E-state index contributed by atoms with van der Waals surface area (Å²) in [7, 11) is 0. The molecule has 0 radical (unpaired) electrons. The fourth-order valence-corrected chi connectivity index (χ4v) is 9.40. The molecule has 8 unspecified atom stereocenters. The largest absolute Gasteiger partial charge is 0.393 e. The molecule has 5 rings (SSSR count). The third-order valence-electron chi connectivity index (χ3n) is 11.4. The molecule has 0 bridgehead atoms. The van der Waals surface area contributed by atoms with E-state index in [9.17, 15) is 5.11 Å². The Balaban J connectivity index is 1.21. The number of hydrogen-bond acceptors (Lipinski definition) is 1. The van der Waals surface area contributed by atoms with Crippen LogP contribution < -0.4 is 0 Å². The van der Waals surface area contributed by atoms with Crippen LogP contribution in [0.5, 0.6) is 0 Å². The van der Waals surface area contributed by atoms with Crippen molar-refractivity contribution in [3.63, 3.8) is 0 Å². The summed E-state index contributed by atoms with van der Waals surface area (Å²) in [6.07, 6.45) is 19.1. The van der Waals surface area contributed by atoms with Crippen molar-refractivity contribution >= 4 is 5.57 Å². The van der Waals surface area contributed by atoms with E-state index in [0.717, 1.165) is 42.4 Å². The third-order valence-corrected chi connectivity index (χ3v) is 11.4. The zero-order chi connectivity index (χ0) is 23.9. The van der Waals surface area contributed by atoms with Crippen LogP contribution in [0, 0.1) is 40.4 Å². The fourth-order valence-electron chi connectivity index (χ4n) is 9.40. The predicted octanol–water partition coefficient (Wildman–Crippen LogP) is 8.84. The zero-order valence-electron chi connectivity index (χ0n) is 22.2. The van der Waals surface area contributed by atoms with Crippen molar-refractivity contribution in [2.45, 2.75) is 104 Å². The van der Waals surface area contributed by atoms with Crippen LogP contribution in [0.2, 0.25) is 0 Å². The lowest BCUT2D eigenvalue weighted by Crippen LogP contribution is -2.50. The summed E-state index contributed by atoms with van der Waals surface area (Å²) in [5.41, 5.74) is 5.32. The van der Waals surface area contributed by atoms with E-state index in [0.29, 0.717) is 10.8 Å². The van der Waals surface area contributed by atoms with Crippen LogP contribution in [0.1, 0.15) is 104 Å². The maximum Gasteiger partial charge on any atom is 0.0577 e. The maximum absolute atomic E-state index is 10.3. The molecule has 1 aromatic carbocycles. The molecule has 0 aromatic heterocycles. The highest BCUT2D eigenvalue weighted by atomic mass is 16.3. The van der Waals surface area contributed by atoms with E-state index in [1.165, 1.54) is 68.9 Å².